The highest BCUT2D eigenvalue weighted by Crippen LogP contribution is 2.30. The Bertz CT molecular complexity index is 631. The molecule has 4 nitrogen and oxygen atoms in total. The van der Waals surface area contributed by atoms with Crippen molar-refractivity contribution >= 4 is 30.8 Å². The molecule has 0 bridgehead atoms. The fourth-order valence-corrected chi connectivity index (χ4v) is 3.55. The van der Waals surface area contributed by atoms with E-state index in [0.717, 1.165) is 19.6 Å². The van der Waals surface area contributed by atoms with Crippen molar-refractivity contribution < 1.29 is 9.90 Å². The summed E-state index contributed by atoms with van der Waals surface area (Å²) >= 11 is 0. The molecule has 0 spiro atoms. The topological polar surface area (TPSA) is 43.8 Å². The van der Waals surface area contributed by atoms with E-state index in [2.05, 4.69) is 60.4 Å². The third-order valence-electron chi connectivity index (χ3n) is 4.73. The van der Waals surface area contributed by atoms with Crippen molar-refractivity contribution in [3.63, 3.8) is 0 Å². The molecule has 26 heavy (non-hydrogen) atoms. The Morgan fingerprint density at radius 1 is 1.00 bits per heavy atom. The van der Waals surface area contributed by atoms with Crippen molar-refractivity contribution in [2.75, 3.05) is 26.2 Å². The SMILES string of the molecule is C[C@@H]1CN(C(c2ccccc2)c2ccccc2)CCN1CC(=O)O.Cl.Cl. The number of nitrogens with zero attached hydrogens (tertiary/aromatic N) is 2. The van der Waals surface area contributed by atoms with E-state index >= 15 is 0 Å². The molecule has 1 N–H and O–H groups in total. The van der Waals surface area contributed by atoms with Crippen LogP contribution in [-0.4, -0.2) is 53.1 Å². The van der Waals surface area contributed by atoms with E-state index in [9.17, 15) is 4.79 Å². The molecule has 2 aromatic carbocycles. The van der Waals surface area contributed by atoms with Gasteiger partial charge in [-0.2, -0.15) is 0 Å². The van der Waals surface area contributed by atoms with Gasteiger partial charge in [0.1, 0.15) is 0 Å². The van der Waals surface area contributed by atoms with Gasteiger partial charge >= 0.3 is 5.97 Å². The summed E-state index contributed by atoms with van der Waals surface area (Å²) in [5.74, 6) is -0.752. The first kappa shape index (κ1) is 22.5. The maximum absolute atomic E-state index is 11.0. The number of rotatable bonds is 5. The third-order valence-corrected chi connectivity index (χ3v) is 4.73. The molecule has 3 rings (SSSR count). The minimum atomic E-state index is -0.752. The van der Waals surface area contributed by atoms with Crippen LogP contribution < -0.4 is 0 Å². The Hall–Kier alpha value is -1.59. The molecule has 1 atom stereocenters. The number of carboxylic acids is 1. The van der Waals surface area contributed by atoms with Gasteiger partial charge in [0.2, 0.25) is 0 Å². The third kappa shape index (κ3) is 5.45. The molecule has 0 radical (unpaired) electrons. The van der Waals surface area contributed by atoms with Crippen LogP contribution in [0.1, 0.15) is 24.1 Å². The highest BCUT2D eigenvalue weighted by molar-refractivity contribution is 5.85. The Kier molecular flexibility index (Phi) is 9.09. The van der Waals surface area contributed by atoms with Crippen molar-refractivity contribution in [1.82, 2.24) is 9.80 Å². The monoisotopic (exact) mass is 396 g/mol. The molecule has 0 aliphatic carbocycles. The van der Waals surface area contributed by atoms with Crippen LogP contribution in [0.3, 0.4) is 0 Å². The summed E-state index contributed by atoms with van der Waals surface area (Å²) in [4.78, 5) is 15.5. The molecular formula is C20H26Cl2N2O2. The lowest BCUT2D eigenvalue weighted by Gasteiger charge is -2.43. The van der Waals surface area contributed by atoms with Gasteiger partial charge in [0.25, 0.3) is 0 Å². The molecule has 2 aromatic rings. The normalized spacial score (nSPS) is 18.0. The fraction of sp³-hybridized carbons (Fsp3) is 0.350. The van der Waals surface area contributed by atoms with E-state index in [1.54, 1.807) is 0 Å². The number of halogens is 2. The van der Waals surface area contributed by atoms with E-state index in [-0.39, 0.29) is 43.4 Å². The van der Waals surface area contributed by atoms with Crippen molar-refractivity contribution in [3.8, 4) is 0 Å². The molecule has 1 aliphatic heterocycles. The number of benzene rings is 2. The van der Waals surface area contributed by atoms with Crippen molar-refractivity contribution in [2.45, 2.75) is 19.0 Å². The number of piperazine rings is 1. The molecule has 142 valence electrons. The van der Waals surface area contributed by atoms with Crippen LogP contribution in [0, 0.1) is 0 Å². The van der Waals surface area contributed by atoms with Crippen LogP contribution in [-0.2, 0) is 4.79 Å². The van der Waals surface area contributed by atoms with E-state index in [0.29, 0.717) is 0 Å². The predicted molar refractivity (Wildman–Crippen MR) is 109 cm³/mol. The largest absolute Gasteiger partial charge is 0.480 e. The average molecular weight is 397 g/mol. The molecular weight excluding hydrogens is 371 g/mol. The first-order chi connectivity index (χ1) is 11.6. The Morgan fingerprint density at radius 2 is 1.50 bits per heavy atom. The van der Waals surface area contributed by atoms with Crippen LogP contribution in [0.25, 0.3) is 0 Å². The van der Waals surface area contributed by atoms with Crippen LogP contribution in [0.2, 0.25) is 0 Å². The van der Waals surface area contributed by atoms with Gasteiger partial charge in [-0.3, -0.25) is 14.6 Å². The molecule has 1 heterocycles. The second kappa shape index (κ2) is 10.5. The molecule has 0 unspecified atom stereocenters. The summed E-state index contributed by atoms with van der Waals surface area (Å²) in [6, 6.07) is 21.5. The zero-order chi connectivity index (χ0) is 16.9. The Labute approximate surface area is 167 Å². The first-order valence-electron chi connectivity index (χ1n) is 8.45. The van der Waals surface area contributed by atoms with Gasteiger partial charge in [0, 0.05) is 25.7 Å². The molecule has 6 heteroatoms. The van der Waals surface area contributed by atoms with Crippen LogP contribution >= 0.6 is 24.8 Å². The number of carboxylic acid groups (broad SMARTS) is 1. The zero-order valence-corrected chi connectivity index (χ0v) is 16.5. The minimum absolute atomic E-state index is 0. The summed E-state index contributed by atoms with van der Waals surface area (Å²) in [6.45, 7) is 4.75. The summed E-state index contributed by atoms with van der Waals surface area (Å²) in [5.41, 5.74) is 2.56. The standard InChI is InChI=1S/C20H24N2O2.2ClH/c1-16-14-22(13-12-21(16)15-19(23)24)20(17-8-4-2-5-9-17)18-10-6-3-7-11-18;;/h2-11,16,20H,12-15H2,1H3,(H,23,24);2*1H/t16-;;/m1../s1. The van der Waals surface area contributed by atoms with Gasteiger partial charge in [0.15, 0.2) is 0 Å². The number of hydrogen-bond donors (Lipinski definition) is 1. The summed E-state index contributed by atoms with van der Waals surface area (Å²) in [7, 11) is 0. The lowest BCUT2D eigenvalue weighted by atomic mass is 9.95. The average Bonchev–Trinajstić information content (AvgIpc) is 2.59. The quantitative estimate of drug-likeness (QED) is 0.836. The second-order valence-corrected chi connectivity index (χ2v) is 6.43. The van der Waals surface area contributed by atoms with Gasteiger partial charge < -0.3 is 5.11 Å². The van der Waals surface area contributed by atoms with Crippen LogP contribution in [0.5, 0.6) is 0 Å². The predicted octanol–water partition coefficient (Wildman–Crippen LogP) is 3.71. The molecule has 0 amide bonds. The Balaban J connectivity index is 0.00000169. The minimum Gasteiger partial charge on any atom is -0.480 e. The van der Waals surface area contributed by atoms with Gasteiger partial charge in [-0.15, -0.1) is 24.8 Å². The lowest BCUT2D eigenvalue weighted by molar-refractivity contribution is -0.139. The molecule has 0 aromatic heterocycles. The molecule has 1 aliphatic rings. The van der Waals surface area contributed by atoms with Crippen LogP contribution in [0.4, 0.5) is 0 Å². The lowest BCUT2D eigenvalue weighted by Crippen LogP contribution is -2.54. The second-order valence-electron chi connectivity index (χ2n) is 6.43. The highest BCUT2D eigenvalue weighted by atomic mass is 35.5. The summed E-state index contributed by atoms with van der Waals surface area (Å²) in [5, 5.41) is 9.06. The van der Waals surface area contributed by atoms with Crippen molar-refractivity contribution in [1.29, 1.82) is 0 Å². The van der Waals surface area contributed by atoms with Crippen molar-refractivity contribution in [2.24, 2.45) is 0 Å². The Morgan fingerprint density at radius 3 is 1.92 bits per heavy atom. The van der Waals surface area contributed by atoms with E-state index < -0.39 is 5.97 Å². The molecule has 1 fully saturated rings. The maximum Gasteiger partial charge on any atom is 0.317 e. The maximum atomic E-state index is 11.0. The van der Waals surface area contributed by atoms with Gasteiger partial charge in [-0.25, -0.2) is 0 Å². The summed E-state index contributed by atoms with van der Waals surface area (Å²) < 4.78 is 0. The van der Waals surface area contributed by atoms with Crippen LogP contribution in [0.15, 0.2) is 60.7 Å². The van der Waals surface area contributed by atoms with E-state index in [1.807, 2.05) is 17.0 Å². The van der Waals surface area contributed by atoms with Gasteiger partial charge in [0.05, 0.1) is 12.6 Å². The summed E-state index contributed by atoms with van der Waals surface area (Å²) in [6.07, 6.45) is 0. The molecule has 1 saturated heterocycles. The first-order valence-corrected chi connectivity index (χ1v) is 8.45. The fourth-order valence-electron chi connectivity index (χ4n) is 3.55. The van der Waals surface area contributed by atoms with E-state index in [4.69, 9.17) is 5.11 Å². The zero-order valence-electron chi connectivity index (χ0n) is 14.8. The smallest absolute Gasteiger partial charge is 0.317 e. The number of hydrogen-bond acceptors (Lipinski definition) is 3. The van der Waals surface area contributed by atoms with Gasteiger partial charge in [-0.1, -0.05) is 60.7 Å². The van der Waals surface area contributed by atoms with Gasteiger partial charge in [-0.05, 0) is 18.1 Å². The number of carbonyl (C=O) groups is 1. The molecule has 0 saturated carbocycles. The number of aliphatic carboxylic acids is 1. The van der Waals surface area contributed by atoms with E-state index in [1.165, 1.54) is 11.1 Å². The highest BCUT2D eigenvalue weighted by Gasteiger charge is 2.30. The van der Waals surface area contributed by atoms with Crippen molar-refractivity contribution in [3.05, 3.63) is 71.8 Å².